The summed E-state index contributed by atoms with van der Waals surface area (Å²) in [6.07, 6.45) is 0.925. The molecule has 1 amide bonds. The lowest BCUT2D eigenvalue weighted by atomic mass is 10.1. The predicted octanol–water partition coefficient (Wildman–Crippen LogP) is 5.29. The molecule has 180 valence electrons. The maximum Gasteiger partial charge on any atom is 0.264 e. The highest BCUT2D eigenvalue weighted by Crippen LogP contribution is 2.35. The number of halogens is 1. The minimum absolute atomic E-state index is 0.0659. The Morgan fingerprint density at radius 2 is 1.71 bits per heavy atom. The maximum absolute atomic E-state index is 13.6. The highest BCUT2D eigenvalue weighted by atomic mass is 35.5. The van der Waals surface area contributed by atoms with Crippen LogP contribution in [-0.2, 0) is 21.2 Å². The van der Waals surface area contributed by atoms with E-state index in [1.807, 2.05) is 38.1 Å². The first kappa shape index (κ1) is 25.6. The molecule has 0 aromatic heterocycles. The van der Waals surface area contributed by atoms with E-state index in [1.165, 1.54) is 30.9 Å². The van der Waals surface area contributed by atoms with Crippen LogP contribution in [0.15, 0.2) is 71.6 Å². The zero-order valence-electron chi connectivity index (χ0n) is 19.7. The highest BCUT2D eigenvalue weighted by molar-refractivity contribution is 7.92. The third-order valence-corrected chi connectivity index (χ3v) is 7.58. The van der Waals surface area contributed by atoms with Crippen LogP contribution in [0.2, 0.25) is 5.02 Å². The number of hydrogen-bond donors (Lipinski definition) is 1. The minimum atomic E-state index is -4.09. The van der Waals surface area contributed by atoms with Crippen LogP contribution in [0.25, 0.3) is 0 Å². The van der Waals surface area contributed by atoms with Crippen molar-refractivity contribution in [2.45, 2.75) is 38.1 Å². The number of sulfonamides is 1. The standard InChI is InChI=1S/C26H29ClN2O4S/c1-5-20-8-10-21(11-9-20)19(3)28-26(30)17-29(24-16-22(27)12-15-25(24)33-4)34(31,32)23-13-6-18(2)7-14-23/h6-16,19H,5,17H2,1-4H3,(H,28,30). The number of aryl methyl sites for hydroxylation is 2. The molecule has 6 nitrogen and oxygen atoms in total. The normalized spacial score (nSPS) is 12.1. The van der Waals surface area contributed by atoms with E-state index in [2.05, 4.69) is 12.2 Å². The Morgan fingerprint density at radius 3 is 2.29 bits per heavy atom. The lowest BCUT2D eigenvalue weighted by molar-refractivity contribution is -0.120. The summed E-state index contributed by atoms with van der Waals surface area (Å²) in [6, 6.07) is 18.8. The number of nitrogens with one attached hydrogen (secondary N) is 1. The van der Waals surface area contributed by atoms with Crippen molar-refractivity contribution in [3.8, 4) is 5.75 Å². The number of carbonyl (C=O) groups excluding carboxylic acids is 1. The fourth-order valence-corrected chi connectivity index (χ4v) is 5.13. The molecule has 8 heteroatoms. The molecule has 0 fully saturated rings. The molecule has 0 bridgehead atoms. The van der Waals surface area contributed by atoms with Gasteiger partial charge in [-0.25, -0.2) is 8.42 Å². The van der Waals surface area contributed by atoms with Crippen LogP contribution >= 0.6 is 11.6 Å². The SMILES string of the molecule is CCc1ccc(C(C)NC(=O)CN(c2cc(Cl)ccc2OC)S(=O)(=O)c2ccc(C)cc2)cc1. The van der Waals surface area contributed by atoms with Gasteiger partial charge in [0.05, 0.1) is 23.7 Å². The summed E-state index contributed by atoms with van der Waals surface area (Å²) in [5, 5.41) is 3.22. The van der Waals surface area contributed by atoms with Crippen LogP contribution in [-0.4, -0.2) is 28.0 Å². The van der Waals surface area contributed by atoms with Crippen LogP contribution in [0.3, 0.4) is 0 Å². The van der Waals surface area contributed by atoms with E-state index in [0.717, 1.165) is 21.9 Å². The molecule has 0 spiro atoms. The Hall–Kier alpha value is -3.03. The topological polar surface area (TPSA) is 75.7 Å². The molecule has 1 N–H and O–H groups in total. The molecule has 0 heterocycles. The van der Waals surface area contributed by atoms with Crippen molar-refractivity contribution in [2.75, 3.05) is 18.0 Å². The molecule has 0 aliphatic rings. The van der Waals surface area contributed by atoms with Gasteiger partial charge in [-0.1, -0.05) is 60.5 Å². The molecule has 34 heavy (non-hydrogen) atoms. The van der Waals surface area contributed by atoms with Crippen LogP contribution in [0.4, 0.5) is 5.69 Å². The summed E-state index contributed by atoms with van der Waals surface area (Å²) in [5.41, 5.74) is 3.24. The van der Waals surface area contributed by atoms with Gasteiger partial charge in [0.2, 0.25) is 5.91 Å². The molecule has 0 saturated heterocycles. The monoisotopic (exact) mass is 500 g/mol. The van der Waals surface area contributed by atoms with E-state index >= 15 is 0 Å². The minimum Gasteiger partial charge on any atom is -0.495 e. The molecule has 0 radical (unpaired) electrons. The largest absolute Gasteiger partial charge is 0.495 e. The fraction of sp³-hybridized carbons (Fsp3) is 0.269. The number of anilines is 1. The fourth-order valence-electron chi connectivity index (χ4n) is 3.54. The Kier molecular flexibility index (Phi) is 8.23. The molecule has 3 aromatic rings. The van der Waals surface area contributed by atoms with Crippen LogP contribution < -0.4 is 14.4 Å². The van der Waals surface area contributed by atoms with Crippen molar-refractivity contribution in [1.29, 1.82) is 0 Å². The van der Waals surface area contributed by atoms with Crippen molar-refractivity contribution in [2.24, 2.45) is 0 Å². The highest BCUT2D eigenvalue weighted by Gasteiger charge is 2.30. The molecule has 1 unspecified atom stereocenters. The van der Waals surface area contributed by atoms with Crippen LogP contribution in [0.5, 0.6) is 5.75 Å². The summed E-state index contributed by atoms with van der Waals surface area (Å²) in [4.78, 5) is 13.1. The number of carbonyl (C=O) groups is 1. The molecular formula is C26H29ClN2O4S. The smallest absolute Gasteiger partial charge is 0.264 e. The number of amides is 1. The molecule has 3 aromatic carbocycles. The van der Waals surface area contributed by atoms with Crippen molar-refractivity contribution in [3.63, 3.8) is 0 Å². The predicted molar refractivity (Wildman–Crippen MR) is 136 cm³/mol. The number of hydrogen-bond acceptors (Lipinski definition) is 4. The second-order valence-corrected chi connectivity index (χ2v) is 10.3. The molecule has 0 aliphatic heterocycles. The number of rotatable bonds is 9. The van der Waals surface area contributed by atoms with Gasteiger partial charge in [0, 0.05) is 5.02 Å². The first-order chi connectivity index (χ1) is 16.1. The molecule has 1 atom stereocenters. The number of nitrogens with zero attached hydrogens (tertiary/aromatic N) is 1. The Bertz CT molecular complexity index is 1240. The molecule has 0 aliphatic carbocycles. The molecule has 0 saturated carbocycles. The van der Waals surface area contributed by atoms with Crippen molar-refractivity contribution >= 4 is 33.2 Å². The summed E-state index contributed by atoms with van der Waals surface area (Å²) < 4.78 is 33.7. The lowest BCUT2D eigenvalue weighted by Gasteiger charge is -2.26. The first-order valence-corrected chi connectivity index (χ1v) is 12.8. The summed E-state index contributed by atoms with van der Waals surface area (Å²) in [5.74, 6) is -0.166. The molecule has 3 rings (SSSR count). The lowest BCUT2D eigenvalue weighted by Crippen LogP contribution is -2.41. The van der Waals surface area contributed by atoms with Gasteiger partial charge >= 0.3 is 0 Å². The average molecular weight is 501 g/mol. The summed E-state index contributed by atoms with van der Waals surface area (Å²) in [6.45, 7) is 5.37. The van der Waals surface area contributed by atoms with E-state index in [0.29, 0.717) is 5.02 Å². The number of methoxy groups -OCH3 is 1. The summed E-state index contributed by atoms with van der Waals surface area (Å²) in [7, 11) is -2.65. The van der Waals surface area contributed by atoms with E-state index in [4.69, 9.17) is 16.3 Å². The van der Waals surface area contributed by atoms with Crippen molar-refractivity contribution < 1.29 is 17.9 Å². The van der Waals surface area contributed by atoms with Gasteiger partial charge in [0.15, 0.2) is 0 Å². The van der Waals surface area contributed by atoms with Gasteiger partial charge in [-0.3, -0.25) is 9.10 Å². The van der Waals surface area contributed by atoms with Gasteiger partial charge in [0.1, 0.15) is 12.3 Å². The Balaban J connectivity index is 1.94. The van der Waals surface area contributed by atoms with E-state index in [9.17, 15) is 13.2 Å². The number of ether oxygens (including phenoxy) is 1. The van der Waals surface area contributed by atoms with Crippen LogP contribution in [0, 0.1) is 6.92 Å². The van der Waals surface area contributed by atoms with Gasteiger partial charge < -0.3 is 10.1 Å². The van der Waals surface area contributed by atoms with Gasteiger partial charge in [-0.2, -0.15) is 0 Å². The first-order valence-electron chi connectivity index (χ1n) is 11.0. The third kappa shape index (κ3) is 5.90. The van der Waals surface area contributed by atoms with E-state index < -0.39 is 22.5 Å². The summed E-state index contributed by atoms with van der Waals surface area (Å²) >= 11 is 6.18. The van der Waals surface area contributed by atoms with Gasteiger partial charge in [0.25, 0.3) is 10.0 Å². The maximum atomic E-state index is 13.6. The Labute approximate surface area is 206 Å². The second kappa shape index (κ2) is 10.9. The van der Waals surface area contributed by atoms with Gasteiger partial charge in [-0.05, 0) is 61.7 Å². The molecular weight excluding hydrogens is 472 g/mol. The van der Waals surface area contributed by atoms with E-state index in [-0.39, 0.29) is 22.4 Å². The van der Waals surface area contributed by atoms with Crippen molar-refractivity contribution in [1.82, 2.24) is 5.32 Å². The van der Waals surface area contributed by atoms with Gasteiger partial charge in [-0.15, -0.1) is 0 Å². The number of benzene rings is 3. The van der Waals surface area contributed by atoms with E-state index in [1.54, 1.807) is 24.3 Å². The zero-order chi connectivity index (χ0) is 24.9. The average Bonchev–Trinajstić information content (AvgIpc) is 2.82. The quantitative estimate of drug-likeness (QED) is 0.433. The third-order valence-electron chi connectivity index (χ3n) is 5.57. The van der Waals surface area contributed by atoms with Crippen LogP contribution in [0.1, 0.15) is 36.6 Å². The second-order valence-electron chi connectivity index (χ2n) is 8.03. The van der Waals surface area contributed by atoms with Crippen molar-refractivity contribution in [3.05, 3.63) is 88.4 Å². The Morgan fingerprint density at radius 1 is 1.06 bits per heavy atom. The zero-order valence-corrected chi connectivity index (χ0v) is 21.3.